The van der Waals surface area contributed by atoms with Crippen molar-refractivity contribution in [3.05, 3.63) is 153 Å². The number of hydrogen-bond donors (Lipinski definition) is 0. The Kier molecular flexibility index (Phi) is 9.55. The van der Waals surface area contributed by atoms with E-state index < -0.39 is 0 Å². The molecule has 2 aromatic heterocycles. The highest BCUT2D eigenvalue weighted by Gasteiger charge is 2.49. The molecule has 2 atom stereocenters. The van der Waals surface area contributed by atoms with E-state index in [9.17, 15) is 10.5 Å². The number of nitriles is 2. The second-order valence-electron chi connectivity index (χ2n) is 22.9. The van der Waals surface area contributed by atoms with Gasteiger partial charge in [0.05, 0.1) is 39.1 Å². The Morgan fingerprint density at radius 3 is 1.77 bits per heavy atom. The molecule has 65 heavy (non-hydrogen) atoms. The molecule has 4 heteroatoms. The van der Waals surface area contributed by atoms with Crippen LogP contribution in [0.3, 0.4) is 0 Å². The first kappa shape index (κ1) is 42.6. The maximum atomic E-state index is 11.8. The molecule has 10 rings (SSSR count). The number of hydrogen-bond acceptors (Lipinski definition) is 2. The molecule has 3 aliphatic carbocycles. The van der Waals surface area contributed by atoms with Crippen molar-refractivity contribution in [1.82, 2.24) is 9.13 Å². The summed E-state index contributed by atoms with van der Waals surface area (Å²) in [6, 6.07) is 36.8. The predicted octanol–water partition coefficient (Wildman–Crippen LogP) is 16.3. The Bertz CT molecular complexity index is 3340. The molecule has 326 valence electrons. The smallest absolute Gasteiger partial charge is 0.103 e. The Morgan fingerprint density at radius 2 is 1.18 bits per heavy atom. The lowest BCUT2D eigenvalue weighted by Crippen LogP contribution is -2.22. The van der Waals surface area contributed by atoms with Gasteiger partial charge in [-0.1, -0.05) is 161 Å². The molecular weight excluding hydrogens is 789 g/mol. The van der Waals surface area contributed by atoms with Gasteiger partial charge in [-0.15, -0.1) is 0 Å². The van der Waals surface area contributed by atoms with E-state index in [0.717, 1.165) is 74.7 Å². The molecule has 0 bridgehead atoms. The molecule has 4 nitrogen and oxygen atoms in total. The second-order valence-corrected chi connectivity index (χ2v) is 22.9. The van der Waals surface area contributed by atoms with Gasteiger partial charge >= 0.3 is 0 Å². The molecule has 0 amide bonds. The summed E-state index contributed by atoms with van der Waals surface area (Å²) in [5.41, 5.74) is 17.5. The zero-order chi connectivity index (χ0) is 46.1. The Hall–Kier alpha value is -6.36. The summed E-state index contributed by atoms with van der Waals surface area (Å²) < 4.78 is 4.80. The minimum absolute atomic E-state index is 0.0102. The van der Waals surface area contributed by atoms with Crippen LogP contribution in [0.5, 0.6) is 0 Å². The first-order valence-corrected chi connectivity index (χ1v) is 23.7. The minimum atomic E-state index is -0.336. The highest BCUT2D eigenvalue weighted by Crippen LogP contribution is 2.58. The van der Waals surface area contributed by atoms with E-state index in [1.54, 1.807) is 0 Å². The van der Waals surface area contributed by atoms with Crippen LogP contribution in [0.4, 0.5) is 0 Å². The summed E-state index contributed by atoms with van der Waals surface area (Å²) in [6.45, 7) is 27.9. The van der Waals surface area contributed by atoms with Crippen molar-refractivity contribution in [2.24, 2.45) is 11.3 Å². The summed E-state index contributed by atoms with van der Waals surface area (Å²) in [4.78, 5) is 0. The Morgan fingerprint density at radius 1 is 0.615 bits per heavy atom. The zero-order valence-electron chi connectivity index (χ0n) is 40.5. The highest BCUT2D eigenvalue weighted by molar-refractivity contribution is 6.12. The van der Waals surface area contributed by atoms with Gasteiger partial charge < -0.3 is 9.13 Å². The van der Waals surface area contributed by atoms with Crippen LogP contribution in [-0.2, 0) is 16.2 Å². The molecule has 0 spiro atoms. The topological polar surface area (TPSA) is 57.4 Å². The summed E-state index contributed by atoms with van der Waals surface area (Å²) in [6.07, 6.45) is 12.0. The highest BCUT2D eigenvalue weighted by atomic mass is 15.0. The van der Waals surface area contributed by atoms with Gasteiger partial charge in [-0.2, -0.15) is 10.5 Å². The fourth-order valence-electron chi connectivity index (χ4n) is 12.2. The van der Waals surface area contributed by atoms with Gasteiger partial charge in [0.25, 0.3) is 0 Å². The molecule has 0 aliphatic heterocycles. The van der Waals surface area contributed by atoms with Crippen molar-refractivity contribution < 1.29 is 0 Å². The van der Waals surface area contributed by atoms with Gasteiger partial charge in [-0.25, -0.2) is 0 Å². The molecule has 5 aromatic carbocycles. The number of allylic oxidation sites excluding steroid dienone is 5. The summed E-state index contributed by atoms with van der Waals surface area (Å²) in [5, 5.41) is 27.0. The molecule has 2 heterocycles. The summed E-state index contributed by atoms with van der Waals surface area (Å²) in [5.74, 6) is 0.587. The van der Waals surface area contributed by atoms with E-state index in [4.69, 9.17) is 0 Å². The number of benzene rings is 5. The average Bonchev–Trinajstić information content (AvgIpc) is 3.83. The van der Waals surface area contributed by atoms with Crippen molar-refractivity contribution in [3.8, 4) is 34.6 Å². The third kappa shape index (κ3) is 6.50. The van der Waals surface area contributed by atoms with Crippen LogP contribution in [0.15, 0.2) is 109 Å². The van der Waals surface area contributed by atoms with E-state index in [1.165, 1.54) is 44.5 Å². The van der Waals surface area contributed by atoms with Crippen molar-refractivity contribution >= 4 is 44.4 Å². The van der Waals surface area contributed by atoms with Gasteiger partial charge in [0.15, 0.2) is 0 Å². The molecular formula is C61H62N4. The quantitative estimate of drug-likeness (QED) is 0.177. The Balaban J connectivity index is 1.36. The van der Waals surface area contributed by atoms with Crippen molar-refractivity contribution in [2.75, 3.05) is 0 Å². The van der Waals surface area contributed by atoms with E-state index in [0.29, 0.717) is 17.0 Å². The van der Waals surface area contributed by atoms with Crippen LogP contribution < -0.4 is 0 Å². The maximum Gasteiger partial charge on any atom is 0.103 e. The van der Waals surface area contributed by atoms with Gasteiger partial charge in [-0.3, -0.25) is 0 Å². The lowest BCUT2D eigenvalue weighted by Gasteiger charge is -2.32. The van der Waals surface area contributed by atoms with Crippen LogP contribution in [0.2, 0.25) is 0 Å². The number of aromatic nitrogens is 2. The van der Waals surface area contributed by atoms with Crippen LogP contribution >= 0.6 is 0 Å². The van der Waals surface area contributed by atoms with Crippen LogP contribution in [0.25, 0.3) is 66.9 Å². The van der Waals surface area contributed by atoms with Gasteiger partial charge in [-0.05, 0) is 122 Å². The van der Waals surface area contributed by atoms with Crippen LogP contribution in [0.1, 0.15) is 153 Å². The molecule has 7 aromatic rings. The summed E-state index contributed by atoms with van der Waals surface area (Å²) in [7, 11) is 0. The Labute approximate surface area is 386 Å². The van der Waals surface area contributed by atoms with Crippen LogP contribution in [0, 0.1) is 34.0 Å². The van der Waals surface area contributed by atoms with E-state index in [1.807, 2.05) is 0 Å². The lowest BCUT2D eigenvalue weighted by atomic mass is 9.76. The van der Waals surface area contributed by atoms with Crippen molar-refractivity contribution in [2.45, 2.75) is 125 Å². The monoisotopic (exact) mass is 850 g/mol. The first-order chi connectivity index (χ1) is 30.7. The molecule has 0 fully saturated rings. The van der Waals surface area contributed by atoms with Gasteiger partial charge in [0.2, 0.25) is 0 Å². The fourth-order valence-corrected chi connectivity index (χ4v) is 12.2. The standard InChI is InChI=1S/C61H62N4/c1-36-18-16-17-21-43(36)40-23-26-51-45(30-40)44-29-39(38-19-14-13-15-20-38)22-25-50(44)64(51)56-48(33-62)49(34-63)57(54-53(56)60(9,10)35-61(54,11)12)65-52-27-24-41(58(3,4)5)31-46(52)47-32-42(59(6,7)8)28-37(2)55(47)65/h13-17,19-27,29-32,36-37H,18,28,35H2,1-12H3. The van der Waals surface area contributed by atoms with Crippen LogP contribution in [-0.4, -0.2) is 9.13 Å². The van der Waals surface area contributed by atoms with E-state index in [-0.39, 0.29) is 27.6 Å². The number of fused-ring (bicyclic) bond motifs is 7. The lowest BCUT2D eigenvalue weighted by molar-refractivity contribution is 0.402. The normalized spacial score (nSPS) is 18.9. The first-order valence-electron chi connectivity index (χ1n) is 23.7. The third-order valence-corrected chi connectivity index (χ3v) is 15.2. The third-order valence-electron chi connectivity index (χ3n) is 15.2. The van der Waals surface area contributed by atoms with E-state index in [2.05, 4.69) is 214 Å². The van der Waals surface area contributed by atoms with E-state index >= 15 is 0 Å². The molecule has 3 aliphatic rings. The second kappa shape index (κ2) is 14.6. The molecule has 0 saturated carbocycles. The predicted molar refractivity (Wildman–Crippen MR) is 273 cm³/mol. The fraction of sp³-hybridized carbons (Fsp3) is 0.344. The molecule has 0 N–H and O–H groups in total. The van der Waals surface area contributed by atoms with Gasteiger partial charge in [0, 0.05) is 33.3 Å². The van der Waals surface area contributed by atoms with Gasteiger partial charge in [0.1, 0.15) is 12.1 Å². The SMILES string of the molecule is CC1CC=CC=C1c1ccc2c(c1)c1cc(-c3ccccc3)ccc1n2-c1c(C#N)c(C#N)c(-n2c3c(c4cc(C(C)(C)C)ccc42)C=C(C(C)(C)C)CC3C)c2c1C(C)(C)CC2(C)C. The minimum Gasteiger partial charge on any atom is -0.311 e. The maximum absolute atomic E-state index is 11.8. The number of nitrogens with zero attached hydrogens (tertiary/aromatic N) is 4. The largest absolute Gasteiger partial charge is 0.311 e. The van der Waals surface area contributed by atoms with Crippen molar-refractivity contribution in [3.63, 3.8) is 0 Å². The summed E-state index contributed by atoms with van der Waals surface area (Å²) >= 11 is 0. The zero-order valence-corrected chi connectivity index (χ0v) is 40.5. The average molecular weight is 851 g/mol. The molecule has 0 saturated heterocycles. The van der Waals surface area contributed by atoms with Crippen molar-refractivity contribution in [1.29, 1.82) is 10.5 Å². The molecule has 0 radical (unpaired) electrons. The number of rotatable bonds is 4. The molecule has 2 unspecified atom stereocenters.